The minimum absolute atomic E-state index is 0.0757. The van der Waals surface area contributed by atoms with Crippen molar-refractivity contribution in [2.24, 2.45) is 0 Å². The molecule has 1 heterocycles. The third-order valence-electron chi connectivity index (χ3n) is 3.86. The molecule has 0 aliphatic heterocycles. The van der Waals surface area contributed by atoms with E-state index in [1.54, 1.807) is 18.2 Å². The summed E-state index contributed by atoms with van der Waals surface area (Å²) in [5.41, 5.74) is 3.26. The number of nitrogens with one attached hydrogen (secondary N) is 2. The zero-order valence-corrected chi connectivity index (χ0v) is 13.3. The van der Waals surface area contributed by atoms with Crippen molar-refractivity contribution in [3.63, 3.8) is 0 Å². The van der Waals surface area contributed by atoms with Crippen molar-refractivity contribution in [3.8, 4) is 0 Å². The van der Waals surface area contributed by atoms with E-state index in [2.05, 4.69) is 15.3 Å². The van der Waals surface area contributed by atoms with E-state index in [1.165, 1.54) is 6.07 Å². The topological polar surface area (TPSA) is 78.0 Å². The van der Waals surface area contributed by atoms with Gasteiger partial charge in [-0.2, -0.15) is 0 Å². The maximum Gasteiger partial charge on any atom is 0.224 e. The van der Waals surface area contributed by atoms with Gasteiger partial charge < -0.3 is 15.4 Å². The maximum atomic E-state index is 13.6. The van der Waals surface area contributed by atoms with Gasteiger partial charge in [-0.3, -0.25) is 4.79 Å². The molecule has 0 unspecified atom stereocenters. The van der Waals surface area contributed by atoms with E-state index in [1.807, 2.05) is 19.1 Å². The molecule has 24 heavy (non-hydrogen) atoms. The van der Waals surface area contributed by atoms with Crippen molar-refractivity contribution in [1.29, 1.82) is 0 Å². The Morgan fingerprint density at radius 1 is 1.33 bits per heavy atom. The van der Waals surface area contributed by atoms with Crippen molar-refractivity contribution in [2.75, 3.05) is 5.32 Å². The molecule has 0 bridgehead atoms. The lowest BCUT2D eigenvalue weighted by Crippen LogP contribution is -2.13. The van der Waals surface area contributed by atoms with Crippen molar-refractivity contribution < 1.29 is 14.3 Å². The Morgan fingerprint density at radius 2 is 2.17 bits per heavy atom. The molecule has 3 rings (SSSR count). The van der Waals surface area contributed by atoms with Gasteiger partial charge in [0.15, 0.2) is 5.82 Å². The Labute approximate surface area is 138 Å². The average Bonchev–Trinajstić information content (AvgIpc) is 3.00. The Hall–Kier alpha value is -2.73. The zero-order valence-electron chi connectivity index (χ0n) is 13.3. The van der Waals surface area contributed by atoms with Crippen molar-refractivity contribution >= 4 is 22.6 Å². The first-order valence-electron chi connectivity index (χ1n) is 7.70. The summed E-state index contributed by atoms with van der Waals surface area (Å²) in [6, 6.07) is 10.1. The van der Waals surface area contributed by atoms with E-state index in [0.717, 1.165) is 11.1 Å². The number of carbonyl (C=O) groups excluding carboxylic acids is 1. The van der Waals surface area contributed by atoms with Crippen LogP contribution in [0.4, 0.5) is 10.1 Å². The van der Waals surface area contributed by atoms with E-state index in [4.69, 9.17) is 0 Å². The molecule has 124 valence electrons. The van der Waals surface area contributed by atoms with Crippen LogP contribution in [0, 0.1) is 12.7 Å². The Morgan fingerprint density at radius 3 is 2.92 bits per heavy atom. The summed E-state index contributed by atoms with van der Waals surface area (Å²) in [6.07, 6.45) is 0.614. The molecule has 0 aliphatic rings. The van der Waals surface area contributed by atoms with Crippen LogP contribution in [0.15, 0.2) is 36.4 Å². The monoisotopic (exact) mass is 327 g/mol. The van der Waals surface area contributed by atoms with Gasteiger partial charge in [0.25, 0.3) is 0 Å². The van der Waals surface area contributed by atoms with Crippen LogP contribution in [-0.2, 0) is 17.8 Å². The summed E-state index contributed by atoms with van der Waals surface area (Å²) in [7, 11) is 0. The summed E-state index contributed by atoms with van der Waals surface area (Å²) >= 11 is 0. The molecule has 3 aromatic rings. The van der Waals surface area contributed by atoms with Crippen LogP contribution in [0.3, 0.4) is 0 Å². The number of aromatic nitrogens is 2. The molecule has 0 spiro atoms. The second-order valence-electron chi connectivity index (χ2n) is 5.68. The van der Waals surface area contributed by atoms with Gasteiger partial charge in [-0.15, -0.1) is 0 Å². The van der Waals surface area contributed by atoms with E-state index < -0.39 is 0 Å². The van der Waals surface area contributed by atoms with Crippen molar-refractivity contribution in [1.82, 2.24) is 9.97 Å². The van der Waals surface area contributed by atoms with Crippen LogP contribution in [0.2, 0.25) is 0 Å². The number of aliphatic hydroxyl groups excluding tert-OH is 1. The number of hydrogen-bond donors (Lipinski definition) is 3. The summed E-state index contributed by atoms with van der Waals surface area (Å²) in [6.45, 7) is 1.81. The van der Waals surface area contributed by atoms with Crippen LogP contribution in [0.5, 0.6) is 0 Å². The molecule has 0 fully saturated rings. The number of aliphatic hydroxyl groups is 1. The lowest BCUT2D eigenvalue weighted by molar-refractivity contribution is -0.116. The Balaban J connectivity index is 1.65. The minimum atomic E-state index is -0.379. The third kappa shape index (κ3) is 3.44. The number of nitrogens with zero attached hydrogens (tertiary/aromatic N) is 1. The Kier molecular flexibility index (Phi) is 4.57. The van der Waals surface area contributed by atoms with Crippen molar-refractivity contribution in [3.05, 3.63) is 59.2 Å². The van der Waals surface area contributed by atoms with Gasteiger partial charge in [-0.05, 0) is 36.2 Å². The van der Waals surface area contributed by atoms with Gasteiger partial charge in [0.2, 0.25) is 5.91 Å². The lowest BCUT2D eigenvalue weighted by atomic mass is 10.1. The van der Waals surface area contributed by atoms with Crippen LogP contribution in [0.25, 0.3) is 11.0 Å². The number of anilines is 1. The molecule has 0 atom stereocenters. The van der Waals surface area contributed by atoms with Gasteiger partial charge in [0.1, 0.15) is 11.3 Å². The van der Waals surface area contributed by atoms with Gasteiger partial charge in [-0.25, -0.2) is 9.37 Å². The molecular formula is C18H18FN3O2. The second kappa shape index (κ2) is 6.80. The minimum Gasteiger partial charge on any atom is -0.392 e. The fourth-order valence-corrected chi connectivity index (χ4v) is 2.51. The molecule has 5 nitrogen and oxygen atoms in total. The standard InChI is InChI=1S/C18H18FN3O2/c1-11-5-6-12(10-23)9-15(11)21-17(24)8-7-16-20-14-4-2-3-13(19)18(14)22-16/h2-6,9,23H,7-8,10H2,1H3,(H,20,22)(H,21,24). The SMILES string of the molecule is Cc1ccc(CO)cc1NC(=O)CCc1nc2c(F)cccc2[nH]1. The first-order chi connectivity index (χ1) is 11.6. The molecule has 0 radical (unpaired) electrons. The fourth-order valence-electron chi connectivity index (χ4n) is 2.51. The molecule has 2 aromatic carbocycles. The smallest absolute Gasteiger partial charge is 0.224 e. The summed E-state index contributed by atoms with van der Waals surface area (Å²) in [4.78, 5) is 19.3. The van der Waals surface area contributed by atoms with Crippen molar-refractivity contribution in [2.45, 2.75) is 26.4 Å². The highest BCUT2D eigenvalue weighted by molar-refractivity contribution is 5.91. The van der Waals surface area contributed by atoms with E-state index in [0.29, 0.717) is 29.0 Å². The molecule has 1 amide bonds. The summed E-state index contributed by atoms with van der Waals surface area (Å²) in [5.74, 6) is 0.0380. The first kappa shape index (κ1) is 16.1. The number of imidazole rings is 1. The van der Waals surface area contributed by atoms with Gasteiger partial charge in [0.05, 0.1) is 12.1 Å². The highest BCUT2D eigenvalue weighted by Crippen LogP contribution is 2.18. The number of aromatic amines is 1. The molecular weight excluding hydrogens is 309 g/mol. The number of fused-ring (bicyclic) bond motifs is 1. The van der Waals surface area contributed by atoms with Crippen LogP contribution >= 0.6 is 0 Å². The molecule has 3 N–H and O–H groups in total. The van der Waals surface area contributed by atoms with E-state index in [-0.39, 0.29) is 24.8 Å². The maximum absolute atomic E-state index is 13.6. The number of halogens is 1. The van der Waals surface area contributed by atoms with E-state index in [9.17, 15) is 14.3 Å². The highest BCUT2D eigenvalue weighted by atomic mass is 19.1. The largest absolute Gasteiger partial charge is 0.392 e. The zero-order chi connectivity index (χ0) is 17.1. The quantitative estimate of drug-likeness (QED) is 0.674. The number of hydrogen-bond acceptors (Lipinski definition) is 3. The van der Waals surface area contributed by atoms with Gasteiger partial charge in [-0.1, -0.05) is 18.2 Å². The predicted octanol–water partition coefficient (Wildman–Crippen LogP) is 3.07. The summed E-state index contributed by atoms with van der Waals surface area (Å²) < 4.78 is 13.6. The van der Waals surface area contributed by atoms with Crippen LogP contribution in [0.1, 0.15) is 23.4 Å². The predicted molar refractivity (Wildman–Crippen MR) is 90.1 cm³/mol. The van der Waals surface area contributed by atoms with Crippen LogP contribution < -0.4 is 5.32 Å². The number of para-hydroxylation sites is 1. The van der Waals surface area contributed by atoms with Crippen LogP contribution in [-0.4, -0.2) is 21.0 Å². The van der Waals surface area contributed by atoms with E-state index >= 15 is 0 Å². The Bertz CT molecular complexity index is 889. The lowest BCUT2D eigenvalue weighted by Gasteiger charge is -2.09. The number of H-pyrrole nitrogens is 1. The first-order valence-corrected chi connectivity index (χ1v) is 7.70. The fraction of sp³-hybridized carbons (Fsp3) is 0.222. The number of aryl methyl sites for hydroxylation is 2. The molecule has 1 aromatic heterocycles. The molecule has 0 saturated carbocycles. The average molecular weight is 327 g/mol. The molecule has 0 aliphatic carbocycles. The third-order valence-corrected chi connectivity index (χ3v) is 3.86. The van der Waals surface area contributed by atoms with Gasteiger partial charge in [0, 0.05) is 18.5 Å². The number of amides is 1. The molecule has 0 saturated heterocycles. The number of rotatable bonds is 5. The summed E-state index contributed by atoms with van der Waals surface area (Å²) in [5, 5.41) is 12.0. The van der Waals surface area contributed by atoms with Gasteiger partial charge >= 0.3 is 0 Å². The number of carbonyl (C=O) groups is 1. The second-order valence-corrected chi connectivity index (χ2v) is 5.68. The normalized spacial score (nSPS) is 11.0. The molecule has 6 heteroatoms. The number of benzene rings is 2. The highest BCUT2D eigenvalue weighted by Gasteiger charge is 2.10.